The molecule has 0 spiro atoms. The van der Waals surface area contributed by atoms with Gasteiger partial charge in [0.15, 0.2) is 0 Å². The third kappa shape index (κ3) is 4.42. The van der Waals surface area contributed by atoms with Crippen LogP contribution in [0.3, 0.4) is 0 Å². The van der Waals surface area contributed by atoms with Crippen molar-refractivity contribution in [3.05, 3.63) is 65.2 Å². The van der Waals surface area contributed by atoms with Gasteiger partial charge >= 0.3 is 0 Å². The van der Waals surface area contributed by atoms with Crippen LogP contribution in [0, 0.1) is 6.92 Å². The lowest BCUT2D eigenvalue weighted by atomic mass is 10.1. The quantitative estimate of drug-likeness (QED) is 0.656. The zero-order valence-corrected chi connectivity index (χ0v) is 13.6. The third-order valence-electron chi connectivity index (χ3n) is 3.56. The molecule has 2 aromatic carbocycles. The molecule has 0 saturated heterocycles. The average molecular weight is 311 g/mol. The zero-order chi connectivity index (χ0) is 16.8. The van der Waals surface area contributed by atoms with Gasteiger partial charge in [-0.15, -0.1) is 0 Å². The smallest absolute Gasteiger partial charge is 0.292 e. The van der Waals surface area contributed by atoms with Gasteiger partial charge in [-0.3, -0.25) is 9.59 Å². The summed E-state index contributed by atoms with van der Waals surface area (Å²) in [7, 11) is 0. The number of carbonyl (C=O) groups excluding carboxylic acids is 2. The molecular weight excluding hydrogens is 290 g/mol. The molecule has 2 rings (SSSR count). The molecule has 0 fully saturated rings. The monoisotopic (exact) mass is 311 g/mol. The van der Waals surface area contributed by atoms with Crippen LogP contribution in [-0.4, -0.2) is 18.3 Å². The normalized spacial score (nSPS) is 11.6. The minimum absolute atomic E-state index is 0.257. The fourth-order valence-electron chi connectivity index (χ4n) is 2.20. The largest absolute Gasteiger partial charge is 0.494 e. The fraction of sp³-hybridized carbons (Fsp3) is 0.263. The summed E-state index contributed by atoms with van der Waals surface area (Å²) in [6.45, 7) is 6.31. The van der Waals surface area contributed by atoms with Crippen LogP contribution in [0.25, 0.3) is 0 Å². The summed E-state index contributed by atoms with van der Waals surface area (Å²) in [5, 5.41) is 2.73. The van der Waals surface area contributed by atoms with E-state index in [1.165, 1.54) is 0 Å². The first-order chi connectivity index (χ1) is 11.0. The van der Waals surface area contributed by atoms with Crippen LogP contribution >= 0.6 is 0 Å². The molecule has 1 unspecified atom stereocenters. The predicted molar refractivity (Wildman–Crippen MR) is 89.7 cm³/mol. The highest BCUT2D eigenvalue weighted by molar-refractivity contribution is 6.42. The number of Topliss-reactive ketones (excluding diaryl/α,β-unsaturated/α-hetero) is 1. The number of hydrogen-bond donors (Lipinski definition) is 1. The molecule has 0 aliphatic rings. The van der Waals surface area contributed by atoms with Crippen molar-refractivity contribution >= 4 is 11.7 Å². The first-order valence-corrected chi connectivity index (χ1v) is 7.66. The van der Waals surface area contributed by atoms with Gasteiger partial charge in [0, 0.05) is 5.56 Å². The molecule has 0 aliphatic carbocycles. The van der Waals surface area contributed by atoms with Crippen LogP contribution in [0.4, 0.5) is 0 Å². The second-order valence-electron chi connectivity index (χ2n) is 5.39. The molecule has 2 aromatic rings. The van der Waals surface area contributed by atoms with Gasteiger partial charge in [-0.1, -0.05) is 42.0 Å². The van der Waals surface area contributed by atoms with Crippen LogP contribution in [0.15, 0.2) is 48.5 Å². The molecule has 1 atom stereocenters. The molecule has 0 aliphatic heterocycles. The standard InChI is InChI=1S/C19H21NO3/c1-4-23-17-11-9-15(10-12-17)14(3)20-19(22)18(21)16-7-5-13(2)6-8-16/h5-12,14H,4H2,1-3H3,(H,20,22). The Morgan fingerprint density at radius 3 is 2.22 bits per heavy atom. The topological polar surface area (TPSA) is 55.4 Å². The summed E-state index contributed by atoms with van der Waals surface area (Å²) in [6.07, 6.45) is 0. The summed E-state index contributed by atoms with van der Waals surface area (Å²) in [5.74, 6) is -0.344. The SMILES string of the molecule is CCOc1ccc(C(C)NC(=O)C(=O)c2ccc(C)cc2)cc1. The molecule has 0 radical (unpaired) electrons. The molecular formula is C19H21NO3. The number of amides is 1. The molecule has 0 heterocycles. The van der Waals surface area contributed by atoms with Gasteiger partial charge < -0.3 is 10.1 Å². The van der Waals surface area contributed by atoms with E-state index in [2.05, 4.69) is 5.32 Å². The number of ketones is 1. The van der Waals surface area contributed by atoms with Crippen molar-refractivity contribution in [3.63, 3.8) is 0 Å². The third-order valence-corrected chi connectivity index (χ3v) is 3.56. The van der Waals surface area contributed by atoms with Crippen molar-refractivity contribution < 1.29 is 14.3 Å². The Hall–Kier alpha value is -2.62. The minimum atomic E-state index is -0.602. The molecule has 1 N–H and O–H groups in total. The van der Waals surface area contributed by atoms with Crippen molar-refractivity contribution in [1.29, 1.82) is 0 Å². The zero-order valence-electron chi connectivity index (χ0n) is 13.6. The van der Waals surface area contributed by atoms with Crippen molar-refractivity contribution in [2.75, 3.05) is 6.61 Å². The van der Waals surface area contributed by atoms with E-state index in [1.807, 2.05) is 57.2 Å². The Labute approximate surface area is 136 Å². The molecule has 0 aromatic heterocycles. The molecule has 4 nitrogen and oxygen atoms in total. The molecule has 23 heavy (non-hydrogen) atoms. The van der Waals surface area contributed by atoms with Crippen molar-refractivity contribution in [1.82, 2.24) is 5.32 Å². The van der Waals surface area contributed by atoms with Crippen molar-refractivity contribution in [3.8, 4) is 5.75 Å². The molecule has 1 amide bonds. The highest BCUT2D eigenvalue weighted by Crippen LogP contribution is 2.17. The number of ether oxygens (including phenoxy) is 1. The summed E-state index contributed by atoms with van der Waals surface area (Å²) in [5.41, 5.74) is 2.36. The van der Waals surface area contributed by atoms with Gasteiger partial charge in [0.2, 0.25) is 5.78 Å². The van der Waals surface area contributed by atoms with E-state index in [9.17, 15) is 9.59 Å². The van der Waals surface area contributed by atoms with Gasteiger partial charge in [-0.25, -0.2) is 0 Å². The van der Waals surface area contributed by atoms with Crippen LogP contribution in [0.2, 0.25) is 0 Å². The number of nitrogens with one attached hydrogen (secondary N) is 1. The number of rotatable bonds is 6. The van der Waals surface area contributed by atoms with E-state index in [1.54, 1.807) is 12.1 Å². The van der Waals surface area contributed by atoms with Crippen LogP contribution in [-0.2, 0) is 4.79 Å². The molecule has 0 saturated carbocycles. The summed E-state index contributed by atoms with van der Waals surface area (Å²) < 4.78 is 5.39. The van der Waals surface area contributed by atoms with Gasteiger partial charge in [-0.2, -0.15) is 0 Å². The lowest BCUT2D eigenvalue weighted by molar-refractivity contribution is -0.117. The van der Waals surface area contributed by atoms with E-state index in [0.717, 1.165) is 16.9 Å². The molecule has 4 heteroatoms. The predicted octanol–water partition coefficient (Wildman–Crippen LogP) is 3.45. The Morgan fingerprint density at radius 1 is 1.04 bits per heavy atom. The lowest BCUT2D eigenvalue weighted by Gasteiger charge is -2.14. The van der Waals surface area contributed by atoms with E-state index < -0.39 is 11.7 Å². The summed E-state index contributed by atoms with van der Waals surface area (Å²) >= 11 is 0. The molecule has 120 valence electrons. The van der Waals surface area contributed by atoms with Gasteiger partial charge in [-0.05, 0) is 38.5 Å². The second kappa shape index (κ2) is 7.58. The van der Waals surface area contributed by atoms with E-state index in [-0.39, 0.29) is 6.04 Å². The first kappa shape index (κ1) is 16.7. The lowest BCUT2D eigenvalue weighted by Crippen LogP contribution is -2.33. The van der Waals surface area contributed by atoms with Crippen molar-refractivity contribution in [2.24, 2.45) is 0 Å². The van der Waals surface area contributed by atoms with E-state index in [4.69, 9.17) is 4.74 Å². The number of carbonyl (C=O) groups is 2. The first-order valence-electron chi connectivity index (χ1n) is 7.66. The maximum Gasteiger partial charge on any atom is 0.292 e. The van der Waals surface area contributed by atoms with Gasteiger partial charge in [0.1, 0.15) is 5.75 Å². The highest BCUT2D eigenvalue weighted by atomic mass is 16.5. The summed E-state index contributed by atoms with van der Waals surface area (Å²) in [6, 6.07) is 14.2. The van der Waals surface area contributed by atoms with Crippen molar-refractivity contribution in [2.45, 2.75) is 26.8 Å². The maximum absolute atomic E-state index is 12.1. The Morgan fingerprint density at radius 2 is 1.65 bits per heavy atom. The Balaban J connectivity index is 2.01. The second-order valence-corrected chi connectivity index (χ2v) is 5.39. The maximum atomic E-state index is 12.1. The number of aryl methyl sites for hydroxylation is 1. The van der Waals surface area contributed by atoms with Crippen LogP contribution in [0.5, 0.6) is 5.75 Å². The fourth-order valence-corrected chi connectivity index (χ4v) is 2.20. The number of hydrogen-bond acceptors (Lipinski definition) is 3. The Kier molecular flexibility index (Phi) is 5.52. The van der Waals surface area contributed by atoms with Crippen LogP contribution in [0.1, 0.15) is 41.4 Å². The van der Waals surface area contributed by atoms with Crippen LogP contribution < -0.4 is 10.1 Å². The molecule has 0 bridgehead atoms. The summed E-state index contributed by atoms with van der Waals surface area (Å²) in [4.78, 5) is 24.2. The van der Waals surface area contributed by atoms with Gasteiger partial charge in [0.25, 0.3) is 5.91 Å². The minimum Gasteiger partial charge on any atom is -0.494 e. The van der Waals surface area contributed by atoms with Gasteiger partial charge in [0.05, 0.1) is 12.6 Å². The van der Waals surface area contributed by atoms with E-state index >= 15 is 0 Å². The Bertz CT molecular complexity index is 675. The average Bonchev–Trinajstić information content (AvgIpc) is 2.55. The number of benzene rings is 2. The highest BCUT2D eigenvalue weighted by Gasteiger charge is 2.18. The van der Waals surface area contributed by atoms with E-state index in [0.29, 0.717) is 12.2 Å².